The van der Waals surface area contributed by atoms with Gasteiger partial charge in [0.25, 0.3) is 0 Å². The zero-order valence-electron chi connectivity index (χ0n) is 18.6. The summed E-state index contributed by atoms with van der Waals surface area (Å²) in [6.45, 7) is 2.26. The number of carboxylic acid groups (broad SMARTS) is 2. The summed E-state index contributed by atoms with van der Waals surface area (Å²) < 4.78 is 0. The van der Waals surface area contributed by atoms with Gasteiger partial charge in [-0.15, -0.1) is 0 Å². The van der Waals surface area contributed by atoms with Gasteiger partial charge >= 0.3 is 59.1 Å². The van der Waals surface area contributed by atoms with Gasteiger partial charge in [0.2, 0.25) is 0 Å². The van der Waals surface area contributed by atoms with Crippen LogP contribution in [0.1, 0.15) is 103 Å². The molecule has 0 amide bonds. The van der Waals surface area contributed by atoms with Crippen LogP contribution in [0.25, 0.3) is 0 Å². The molecule has 0 saturated heterocycles. The van der Waals surface area contributed by atoms with Crippen LogP contribution in [-0.4, -0.2) is 23.4 Å². The molecule has 1 atom stereocenters. The van der Waals surface area contributed by atoms with Gasteiger partial charge in [-0.2, -0.15) is 11.8 Å². The molecular formula is C21H38Na2O4S. The average Bonchev–Trinajstić information content (AvgIpc) is 2.59. The minimum Gasteiger partial charge on any atom is -0.550 e. The van der Waals surface area contributed by atoms with Crippen LogP contribution < -0.4 is 69.3 Å². The SMILES string of the molecule is CCCCCCCCCCCCCCCCSCC(CC(=O)[O-])C(=O)[O-].[Na+].[Na+]. The Kier molecular flexibility index (Phi) is 31.9. The van der Waals surface area contributed by atoms with Crippen molar-refractivity contribution in [3.8, 4) is 0 Å². The topological polar surface area (TPSA) is 80.3 Å². The first kappa shape index (κ1) is 33.9. The zero-order valence-corrected chi connectivity index (χ0v) is 23.5. The molecule has 0 spiro atoms. The van der Waals surface area contributed by atoms with E-state index in [1.165, 1.54) is 95.2 Å². The molecule has 0 aliphatic carbocycles. The van der Waals surface area contributed by atoms with Crippen molar-refractivity contribution in [1.29, 1.82) is 0 Å². The second-order valence-electron chi connectivity index (χ2n) is 7.26. The molecule has 0 aliphatic rings. The van der Waals surface area contributed by atoms with Crippen LogP contribution in [0.4, 0.5) is 0 Å². The Bertz CT molecular complexity index is 357. The number of hydrogen-bond donors (Lipinski definition) is 0. The standard InChI is InChI=1S/C21H40O4S.2Na/c1-2-3-4-5-6-7-8-9-10-11-12-13-14-15-16-26-18-19(21(24)25)17-20(22)23;;/h19H,2-18H2,1H3,(H,22,23)(H,24,25);;/q;2*+1/p-2. The van der Waals surface area contributed by atoms with Crippen LogP contribution >= 0.6 is 11.8 Å². The molecule has 0 aromatic carbocycles. The number of aliphatic carboxylic acids is 2. The summed E-state index contributed by atoms with van der Waals surface area (Å²) in [6, 6.07) is 0. The molecule has 0 radical (unpaired) electrons. The van der Waals surface area contributed by atoms with Crippen molar-refractivity contribution in [1.82, 2.24) is 0 Å². The van der Waals surface area contributed by atoms with E-state index in [0.29, 0.717) is 5.75 Å². The van der Waals surface area contributed by atoms with Gasteiger partial charge in [-0.3, -0.25) is 0 Å². The Hall–Kier alpha value is 1.29. The van der Waals surface area contributed by atoms with Crippen LogP contribution in [0.2, 0.25) is 0 Å². The third kappa shape index (κ3) is 25.3. The summed E-state index contributed by atoms with van der Waals surface area (Å²) in [7, 11) is 0. The Labute approximate surface area is 221 Å². The van der Waals surface area contributed by atoms with Crippen LogP contribution in [0, 0.1) is 5.92 Å². The summed E-state index contributed by atoms with van der Waals surface area (Å²) >= 11 is 1.50. The van der Waals surface area contributed by atoms with Crippen molar-refractivity contribution >= 4 is 23.7 Å². The number of hydrogen-bond acceptors (Lipinski definition) is 5. The monoisotopic (exact) mass is 432 g/mol. The van der Waals surface area contributed by atoms with Crippen molar-refractivity contribution < 1.29 is 78.9 Å². The molecule has 0 fully saturated rings. The summed E-state index contributed by atoms with van der Waals surface area (Å²) in [5.41, 5.74) is 0. The Morgan fingerprint density at radius 3 is 1.46 bits per heavy atom. The number of carbonyl (C=O) groups is 2. The number of rotatable bonds is 20. The molecule has 0 aromatic heterocycles. The van der Waals surface area contributed by atoms with E-state index in [2.05, 4.69) is 6.92 Å². The van der Waals surface area contributed by atoms with Gasteiger partial charge in [-0.05, 0) is 18.6 Å². The van der Waals surface area contributed by atoms with E-state index >= 15 is 0 Å². The number of unbranched alkanes of at least 4 members (excludes halogenated alkanes) is 13. The number of carbonyl (C=O) groups excluding carboxylic acids is 2. The Morgan fingerprint density at radius 1 is 0.714 bits per heavy atom. The van der Waals surface area contributed by atoms with Crippen LogP contribution in [0.3, 0.4) is 0 Å². The molecule has 0 N–H and O–H groups in total. The van der Waals surface area contributed by atoms with Gasteiger partial charge in [0, 0.05) is 23.6 Å². The molecular weight excluding hydrogens is 394 g/mol. The van der Waals surface area contributed by atoms with E-state index < -0.39 is 24.3 Å². The van der Waals surface area contributed by atoms with Crippen molar-refractivity contribution in [2.24, 2.45) is 5.92 Å². The van der Waals surface area contributed by atoms with Gasteiger partial charge in [0.15, 0.2) is 0 Å². The quantitative estimate of drug-likeness (QED) is 0.160. The molecule has 0 bridgehead atoms. The molecule has 7 heteroatoms. The van der Waals surface area contributed by atoms with E-state index in [1.54, 1.807) is 0 Å². The first-order chi connectivity index (χ1) is 12.6. The summed E-state index contributed by atoms with van der Waals surface area (Å²) in [5.74, 6) is -2.36. The Morgan fingerprint density at radius 2 is 1.11 bits per heavy atom. The van der Waals surface area contributed by atoms with E-state index in [4.69, 9.17) is 0 Å². The molecule has 1 unspecified atom stereocenters. The molecule has 28 heavy (non-hydrogen) atoms. The van der Waals surface area contributed by atoms with Gasteiger partial charge in [-0.1, -0.05) is 90.4 Å². The molecule has 0 heterocycles. The third-order valence-electron chi connectivity index (χ3n) is 4.71. The van der Waals surface area contributed by atoms with Crippen LogP contribution in [0.5, 0.6) is 0 Å². The second-order valence-corrected chi connectivity index (χ2v) is 8.41. The van der Waals surface area contributed by atoms with E-state index in [1.807, 2.05) is 0 Å². The molecule has 0 aliphatic heterocycles. The predicted molar refractivity (Wildman–Crippen MR) is 106 cm³/mol. The number of carboxylic acids is 2. The Balaban J connectivity index is -0.00000312. The van der Waals surface area contributed by atoms with Gasteiger partial charge in [0.05, 0.1) is 0 Å². The largest absolute Gasteiger partial charge is 1.00 e. The minimum atomic E-state index is -1.32. The van der Waals surface area contributed by atoms with E-state index in [0.717, 1.165) is 12.2 Å². The number of thioether (sulfide) groups is 1. The normalized spacial score (nSPS) is 11.3. The van der Waals surface area contributed by atoms with Gasteiger partial charge in [-0.25, -0.2) is 0 Å². The van der Waals surface area contributed by atoms with Crippen molar-refractivity contribution in [3.63, 3.8) is 0 Å². The fourth-order valence-corrected chi connectivity index (χ4v) is 4.15. The smallest absolute Gasteiger partial charge is 0.550 e. The molecule has 0 aromatic rings. The van der Waals surface area contributed by atoms with Gasteiger partial charge in [0.1, 0.15) is 0 Å². The van der Waals surface area contributed by atoms with Crippen molar-refractivity contribution in [3.05, 3.63) is 0 Å². The minimum absolute atomic E-state index is 0. The first-order valence-electron chi connectivity index (χ1n) is 10.6. The maximum absolute atomic E-state index is 10.8. The van der Waals surface area contributed by atoms with E-state index in [9.17, 15) is 19.8 Å². The second kappa shape index (κ2) is 26.3. The summed E-state index contributed by atoms with van der Waals surface area (Å²) in [4.78, 5) is 21.3. The fourth-order valence-electron chi connectivity index (χ4n) is 3.04. The van der Waals surface area contributed by atoms with Crippen LogP contribution in [0.15, 0.2) is 0 Å². The van der Waals surface area contributed by atoms with Gasteiger partial charge < -0.3 is 19.8 Å². The first-order valence-corrected chi connectivity index (χ1v) is 11.7. The molecule has 154 valence electrons. The van der Waals surface area contributed by atoms with Crippen LogP contribution in [-0.2, 0) is 9.59 Å². The third-order valence-corrected chi connectivity index (χ3v) is 5.92. The summed E-state index contributed by atoms with van der Waals surface area (Å²) in [6.07, 6.45) is 18.0. The fraction of sp³-hybridized carbons (Fsp3) is 0.905. The maximum atomic E-state index is 10.8. The van der Waals surface area contributed by atoms with Crippen molar-refractivity contribution in [2.45, 2.75) is 103 Å². The summed E-state index contributed by atoms with van der Waals surface area (Å²) in [5, 5.41) is 21.3. The van der Waals surface area contributed by atoms with E-state index in [-0.39, 0.29) is 59.1 Å². The predicted octanol–water partition coefficient (Wildman–Crippen LogP) is -2.28. The zero-order chi connectivity index (χ0) is 19.5. The molecule has 0 saturated carbocycles. The molecule has 0 rings (SSSR count). The average molecular weight is 433 g/mol. The maximum Gasteiger partial charge on any atom is 1.00 e. The molecule has 4 nitrogen and oxygen atoms in total. The van der Waals surface area contributed by atoms with Crippen molar-refractivity contribution in [2.75, 3.05) is 11.5 Å².